The fourth-order valence-electron chi connectivity index (χ4n) is 3.63. The largest absolute Gasteiger partial charge is 0.450 e. The van der Waals surface area contributed by atoms with Crippen molar-refractivity contribution in [3.05, 3.63) is 65.7 Å². The Kier molecular flexibility index (Phi) is 7.65. The van der Waals surface area contributed by atoms with Gasteiger partial charge in [-0.1, -0.05) is 49.4 Å². The SMILES string of the molecule is CCOC(=O)N1CCN(C(=O)c2ccccc2NC(=O)CC(C)c2ccccc2)CC1. The Morgan fingerprint density at radius 2 is 1.55 bits per heavy atom. The maximum atomic E-state index is 13.1. The molecule has 2 aromatic rings. The number of para-hydroxylation sites is 1. The van der Waals surface area contributed by atoms with E-state index in [0.29, 0.717) is 50.5 Å². The van der Waals surface area contributed by atoms with Crippen molar-refractivity contribution < 1.29 is 19.1 Å². The van der Waals surface area contributed by atoms with Gasteiger partial charge in [-0.25, -0.2) is 4.79 Å². The van der Waals surface area contributed by atoms with Crippen LogP contribution >= 0.6 is 0 Å². The van der Waals surface area contributed by atoms with E-state index in [1.54, 1.807) is 41.0 Å². The van der Waals surface area contributed by atoms with Crippen molar-refractivity contribution in [2.75, 3.05) is 38.1 Å². The monoisotopic (exact) mass is 423 g/mol. The third-order valence-corrected chi connectivity index (χ3v) is 5.38. The van der Waals surface area contributed by atoms with Crippen molar-refractivity contribution in [2.24, 2.45) is 0 Å². The molecule has 3 amide bonds. The lowest BCUT2D eigenvalue weighted by molar-refractivity contribution is -0.116. The lowest BCUT2D eigenvalue weighted by Gasteiger charge is -2.34. The minimum Gasteiger partial charge on any atom is -0.450 e. The molecule has 31 heavy (non-hydrogen) atoms. The van der Waals surface area contributed by atoms with Gasteiger partial charge in [0.05, 0.1) is 17.9 Å². The molecule has 1 aliphatic rings. The number of rotatable bonds is 6. The van der Waals surface area contributed by atoms with Crippen molar-refractivity contribution in [1.82, 2.24) is 9.80 Å². The molecule has 0 aromatic heterocycles. The number of anilines is 1. The second-order valence-corrected chi connectivity index (χ2v) is 7.59. The van der Waals surface area contributed by atoms with E-state index >= 15 is 0 Å². The van der Waals surface area contributed by atoms with Crippen LogP contribution in [0.2, 0.25) is 0 Å². The summed E-state index contributed by atoms with van der Waals surface area (Å²) in [6, 6.07) is 16.9. The van der Waals surface area contributed by atoms with Crippen LogP contribution in [-0.2, 0) is 9.53 Å². The van der Waals surface area contributed by atoms with Crippen molar-refractivity contribution in [1.29, 1.82) is 0 Å². The summed E-state index contributed by atoms with van der Waals surface area (Å²) in [6.07, 6.45) is -0.0279. The van der Waals surface area contributed by atoms with Gasteiger partial charge in [0.1, 0.15) is 0 Å². The van der Waals surface area contributed by atoms with E-state index in [4.69, 9.17) is 4.74 Å². The number of carbonyl (C=O) groups excluding carboxylic acids is 3. The van der Waals surface area contributed by atoms with E-state index in [1.807, 2.05) is 37.3 Å². The van der Waals surface area contributed by atoms with E-state index in [2.05, 4.69) is 5.32 Å². The molecule has 1 atom stereocenters. The normalized spacial score (nSPS) is 14.6. The molecule has 7 nitrogen and oxygen atoms in total. The summed E-state index contributed by atoms with van der Waals surface area (Å²) in [6.45, 7) is 5.80. The average Bonchev–Trinajstić information content (AvgIpc) is 2.79. The van der Waals surface area contributed by atoms with Crippen LogP contribution < -0.4 is 5.32 Å². The number of piperazine rings is 1. The number of benzene rings is 2. The second-order valence-electron chi connectivity index (χ2n) is 7.59. The smallest absolute Gasteiger partial charge is 0.409 e. The molecular formula is C24H29N3O4. The Morgan fingerprint density at radius 1 is 0.935 bits per heavy atom. The van der Waals surface area contributed by atoms with Gasteiger partial charge in [0.25, 0.3) is 5.91 Å². The number of hydrogen-bond acceptors (Lipinski definition) is 4. The van der Waals surface area contributed by atoms with Gasteiger partial charge in [0.2, 0.25) is 5.91 Å². The summed E-state index contributed by atoms with van der Waals surface area (Å²) in [4.78, 5) is 40.9. The number of nitrogens with zero attached hydrogens (tertiary/aromatic N) is 2. The molecule has 0 radical (unpaired) electrons. The van der Waals surface area contributed by atoms with Crippen LogP contribution in [0.25, 0.3) is 0 Å². The standard InChI is InChI=1S/C24H29N3O4/c1-3-31-24(30)27-15-13-26(14-16-27)23(29)20-11-7-8-12-21(20)25-22(28)17-18(2)19-9-5-4-6-10-19/h4-12,18H,3,13-17H2,1-2H3,(H,25,28). The Labute approximate surface area is 183 Å². The maximum absolute atomic E-state index is 13.1. The van der Waals surface area contributed by atoms with Crippen LogP contribution in [0.4, 0.5) is 10.5 Å². The molecule has 1 heterocycles. The molecule has 7 heteroatoms. The van der Waals surface area contributed by atoms with E-state index in [0.717, 1.165) is 5.56 Å². The van der Waals surface area contributed by atoms with Crippen LogP contribution in [0.3, 0.4) is 0 Å². The van der Waals surface area contributed by atoms with Gasteiger partial charge >= 0.3 is 6.09 Å². The van der Waals surface area contributed by atoms with E-state index in [-0.39, 0.29) is 23.8 Å². The van der Waals surface area contributed by atoms with Crippen LogP contribution in [0, 0.1) is 0 Å². The van der Waals surface area contributed by atoms with Crippen molar-refractivity contribution in [2.45, 2.75) is 26.2 Å². The van der Waals surface area contributed by atoms with Crippen LogP contribution in [0.5, 0.6) is 0 Å². The van der Waals surface area contributed by atoms with Gasteiger partial charge in [-0.3, -0.25) is 9.59 Å². The minimum absolute atomic E-state index is 0.0695. The molecule has 1 aliphatic heterocycles. The first-order valence-electron chi connectivity index (χ1n) is 10.6. The highest BCUT2D eigenvalue weighted by atomic mass is 16.6. The molecule has 3 rings (SSSR count). The van der Waals surface area contributed by atoms with Gasteiger partial charge in [0, 0.05) is 32.6 Å². The fourth-order valence-corrected chi connectivity index (χ4v) is 3.63. The summed E-state index contributed by atoms with van der Waals surface area (Å²) in [5, 5.41) is 2.90. The number of amides is 3. The second kappa shape index (κ2) is 10.6. The molecule has 0 bridgehead atoms. The molecule has 1 saturated heterocycles. The highest BCUT2D eigenvalue weighted by Gasteiger charge is 2.27. The minimum atomic E-state index is -0.352. The van der Waals surface area contributed by atoms with Gasteiger partial charge in [-0.2, -0.15) is 0 Å². The summed E-state index contributed by atoms with van der Waals surface area (Å²) in [5.41, 5.74) is 2.06. The third-order valence-electron chi connectivity index (χ3n) is 5.38. The van der Waals surface area contributed by atoms with Crippen LogP contribution in [0.1, 0.15) is 42.1 Å². The summed E-state index contributed by atoms with van der Waals surface area (Å²) >= 11 is 0. The van der Waals surface area contributed by atoms with Crippen LogP contribution in [0.15, 0.2) is 54.6 Å². The maximum Gasteiger partial charge on any atom is 0.409 e. The summed E-state index contributed by atoms with van der Waals surface area (Å²) < 4.78 is 5.02. The molecule has 164 valence electrons. The zero-order valence-electron chi connectivity index (χ0n) is 18.0. The molecule has 0 aliphatic carbocycles. The van der Waals surface area contributed by atoms with Gasteiger partial charge in [-0.05, 0) is 30.5 Å². The van der Waals surface area contributed by atoms with E-state index in [1.165, 1.54) is 0 Å². The molecule has 1 unspecified atom stereocenters. The van der Waals surface area contributed by atoms with Crippen LogP contribution in [-0.4, -0.2) is 60.5 Å². The number of nitrogens with one attached hydrogen (secondary N) is 1. The van der Waals surface area contributed by atoms with Crippen molar-refractivity contribution in [3.8, 4) is 0 Å². The first-order chi connectivity index (χ1) is 15.0. The first kappa shape index (κ1) is 22.3. The van der Waals surface area contributed by atoms with E-state index in [9.17, 15) is 14.4 Å². The fraction of sp³-hybridized carbons (Fsp3) is 0.375. The molecule has 1 fully saturated rings. The quantitative estimate of drug-likeness (QED) is 0.768. The molecule has 1 N–H and O–H groups in total. The lowest BCUT2D eigenvalue weighted by Crippen LogP contribution is -2.50. The molecule has 0 spiro atoms. The third kappa shape index (κ3) is 5.84. The first-order valence-corrected chi connectivity index (χ1v) is 10.6. The van der Waals surface area contributed by atoms with Gasteiger partial charge in [0.15, 0.2) is 0 Å². The van der Waals surface area contributed by atoms with Crippen molar-refractivity contribution >= 4 is 23.6 Å². The Hall–Kier alpha value is -3.35. The van der Waals surface area contributed by atoms with Crippen molar-refractivity contribution in [3.63, 3.8) is 0 Å². The zero-order valence-corrected chi connectivity index (χ0v) is 18.0. The van der Waals surface area contributed by atoms with Gasteiger partial charge < -0.3 is 19.9 Å². The van der Waals surface area contributed by atoms with E-state index < -0.39 is 0 Å². The molecular weight excluding hydrogens is 394 g/mol. The summed E-state index contributed by atoms with van der Waals surface area (Å²) in [5.74, 6) is -0.223. The summed E-state index contributed by atoms with van der Waals surface area (Å²) in [7, 11) is 0. The Balaban J connectivity index is 1.61. The molecule has 2 aromatic carbocycles. The average molecular weight is 424 g/mol. The Bertz CT molecular complexity index is 908. The highest BCUT2D eigenvalue weighted by molar-refractivity contribution is 6.04. The number of carbonyl (C=O) groups is 3. The lowest BCUT2D eigenvalue weighted by atomic mass is 9.97. The predicted octanol–water partition coefficient (Wildman–Crippen LogP) is 3.73. The number of ether oxygens (including phenoxy) is 1. The molecule has 0 saturated carbocycles. The predicted molar refractivity (Wildman–Crippen MR) is 119 cm³/mol. The highest BCUT2D eigenvalue weighted by Crippen LogP contribution is 2.22. The number of hydrogen-bond donors (Lipinski definition) is 1. The van der Waals surface area contributed by atoms with Gasteiger partial charge in [-0.15, -0.1) is 0 Å². The Morgan fingerprint density at radius 3 is 2.23 bits per heavy atom. The zero-order chi connectivity index (χ0) is 22.2. The topological polar surface area (TPSA) is 79.0 Å².